The van der Waals surface area contributed by atoms with Crippen LogP contribution in [0.4, 0.5) is 4.79 Å². The van der Waals surface area contributed by atoms with E-state index >= 15 is 0 Å². The molecular formula is C40H47N7O5. The van der Waals surface area contributed by atoms with Crippen molar-refractivity contribution in [2.45, 2.75) is 77.2 Å². The Bertz CT molecular complexity index is 2140. The molecule has 2 saturated heterocycles. The monoisotopic (exact) mass is 705 g/mol. The Morgan fingerprint density at radius 1 is 1.08 bits per heavy atom. The van der Waals surface area contributed by atoms with Gasteiger partial charge < -0.3 is 39.7 Å². The zero-order valence-electron chi connectivity index (χ0n) is 30.4. The molecule has 52 heavy (non-hydrogen) atoms. The van der Waals surface area contributed by atoms with Gasteiger partial charge in [-0.05, 0) is 84.4 Å². The van der Waals surface area contributed by atoms with E-state index in [0.717, 1.165) is 106 Å². The molecule has 2 amide bonds. The maximum atomic E-state index is 14.0. The molecule has 0 bridgehead atoms. The third-order valence-corrected chi connectivity index (χ3v) is 11.4. The lowest BCUT2D eigenvalue weighted by molar-refractivity contribution is -0.137. The fraction of sp³-hybridized carbons (Fsp3) is 0.450. The molecular weight excluding hydrogens is 658 g/mol. The van der Waals surface area contributed by atoms with Gasteiger partial charge in [-0.25, -0.2) is 14.8 Å². The highest BCUT2D eigenvalue weighted by molar-refractivity contribution is 6.07. The third kappa shape index (κ3) is 6.07. The second-order valence-electron chi connectivity index (χ2n) is 14.7. The molecule has 2 unspecified atom stereocenters. The van der Waals surface area contributed by atoms with Gasteiger partial charge in [0.1, 0.15) is 30.0 Å². The van der Waals surface area contributed by atoms with Crippen LogP contribution >= 0.6 is 0 Å². The summed E-state index contributed by atoms with van der Waals surface area (Å²) in [6.45, 7) is 8.17. The molecule has 5 heterocycles. The number of alkyl carbamates (subject to hydrolysis) is 1. The van der Waals surface area contributed by atoms with Crippen LogP contribution in [0.25, 0.3) is 44.2 Å². The number of likely N-dealkylation sites (tertiary alicyclic amines) is 1. The highest BCUT2D eigenvalue weighted by Crippen LogP contribution is 2.43. The SMILES string of the molecule is CC[C@H](C)C(NC(=O)OC)C(=O)N1C(c2ncc(-c3ccc4c(c3)COc3cc5c(ccc6[nH]c([C@@H]7C[C@H](COC)CN7)nc65)cc3-4)[nH]2)CC[C@@H]1C. The largest absolute Gasteiger partial charge is 0.488 e. The molecule has 272 valence electrons. The van der Waals surface area contributed by atoms with Crippen molar-refractivity contribution in [2.75, 3.05) is 27.4 Å². The van der Waals surface area contributed by atoms with Gasteiger partial charge >= 0.3 is 6.09 Å². The molecule has 2 fully saturated rings. The van der Waals surface area contributed by atoms with Crippen LogP contribution in [-0.4, -0.2) is 76.3 Å². The van der Waals surface area contributed by atoms with Crippen molar-refractivity contribution < 1.29 is 23.8 Å². The number of amides is 2. The summed E-state index contributed by atoms with van der Waals surface area (Å²) < 4.78 is 16.6. The van der Waals surface area contributed by atoms with Crippen molar-refractivity contribution in [1.29, 1.82) is 0 Å². The van der Waals surface area contributed by atoms with E-state index in [1.54, 1.807) is 7.11 Å². The van der Waals surface area contributed by atoms with E-state index in [2.05, 4.69) is 70.0 Å². The fourth-order valence-corrected chi connectivity index (χ4v) is 8.32. The summed E-state index contributed by atoms with van der Waals surface area (Å²) in [4.78, 5) is 44.9. The molecule has 3 aliphatic heterocycles. The summed E-state index contributed by atoms with van der Waals surface area (Å²) in [5.74, 6) is 2.88. The Labute approximate surface area is 303 Å². The number of benzene rings is 3. The number of hydrogen-bond donors (Lipinski definition) is 4. The van der Waals surface area contributed by atoms with Crippen molar-refractivity contribution in [1.82, 2.24) is 35.5 Å². The number of carbonyl (C=O) groups excluding carboxylic acids is 2. The molecule has 5 aromatic rings. The molecule has 12 nitrogen and oxygen atoms in total. The van der Waals surface area contributed by atoms with Crippen molar-refractivity contribution >= 4 is 33.8 Å². The van der Waals surface area contributed by atoms with Crippen LogP contribution in [0, 0.1) is 11.8 Å². The number of aromatic amines is 2. The van der Waals surface area contributed by atoms with Crippen molar-refractivity contribution in [3.8, 4) is 28.1 Å². The van der Waals surface area contributed by atoms with Gasteiger partial charge in [-0.1, -0.05) is 38.5 Å². The van der Waals surface area contributed by atoms with E-state index in [1.807, 2.05) is 24.9 Å². The number of aromatic nitrogens is 4. The van der Waals surface area contributed by atoms with Gasteiger partial charge in [-0.2, -0.15) is 0 Å². The number of hydrogen-bond acceptors (Lipinski definition) is 8. The lowest BCUT2D eigenvalue weighted by Gasteiger charge is -2.33. The number of ether oxygens (including phenoxy) is 3. The van der Waals surface area contributed by atoms with E-state index in [4.69, 9.17) is 24.2 Å². The van der Waals surface area contributed by atoms with Crippen molar-refractivity contribution in [2.24, 2.45) is 11.8 Å². The molecule has 2 aromatic heterocycles. The van der Waals surface area contributed by atoms with E-state index in [-0.39, 0.29) is 30.0 Å². The molecule has 0 radical (unpaired) electrons. The van der Waals surface area contributed by atoms with Crippen molar-refractivity contribution in [3.63, 3.8) is 0 Å². The smallest absolute Gasteiger partial charge is 0.407 e. The van der Waals surface area contributed by atoms with Gasteiger partial charge in [-0.3, -0.25) is 4.79 Å². The fourth-order valence-electron chi connectivity index (χ4n) is 8.32. The minimum Gasteiger partial charge on any atom is -0.488 e. The predicted octanol–water partition coefficient (Wildman–Crippen LogP) is 6.79. The third-order valence-electron chi connectivity index (χ3n) is 11.4. The molecule has 12 heteroatoms. The predicted molar refractivity (Wildman–Crippen MR) is 199 cm³/mol. The number of imidazole rings is 2. The summed E-state index contributed by atoms with van der Waals surface area (Å²) in [6, 6.07) is 14.3. The molecule has 3 aromatic carbocycles. The quantitative estimate of drug-likeness (QED) is 0.131. The Kier molecular flexibility index (Phi) is 9.12. The molecule has 0 saturated carbocycles. The van der Waals surface area contributed by atoms with Crippen LogP contribution in [0.3, 0.4) is 0 Å². The first-order valence-electron chi connectivity index (χ1n) is 18.4. The normalized spacial score (nSPS) is 22.2. The highest BCUT2D eigenvalue weighted by Gasteiger charge is 2.41. The number of methoxy groups -OCH3 is 2. The molecule has 6 atom stereocenters. The Balaban J connectivity index is 1.04. The van der Waals surface area contributed by atoms with Crippen LogP contribution in [0.1, 0.15) is 75.8 Å². The van der Waals surface area contributed by atoms with Gasteiger partial charge in [-0.15, -0.1) is 0 Å². The van der Waals surface area contributed by atoms with Crippen LogP contribution in [0.5, 0.6) is 5.75 Å². The van der Waals surface area contributed by atoms with Crippen molar-refractivity contribution in [3.05, 3.63) is 65.9 Å². The minimum absolute atomic E-state index is 0.0124. The summed E-state index contributed by atoms with van der Waals surface area (Å²) in [6.07, 6.45) is 4.61. The number of carbonyl (C=O) groups is 2. The Morgan fingerprint density at radius 3 is 2.75 bits per heavy atom. The first kappa shape index (κ1) is 34.2. The van der Waals surface area contributed by atoms with Crippen LogP contribution in [-0.2, 0) is 20.9 Å². The van der Waals surface area contributed by atoms with E-state index < -0.39 is 12.1 Å². The first-order chi connectivity index (χ1) is 25.3. The zero-order valence-corrected chi connectivity index (χ0v) is 30.4. The van der Waals surface area contributed by atoms with Crippen LogP contribution in [0.15, 0.2) is 48.7 Å². The van der Waals surface area contributed by atoms with E-state index in [1.165, 1.54) is 7.11 Å². The summed E-state index contributed by atoms with van der Waals surface area (Å²) >= 11 is 0. The second kappa shape index (κ2) is 13.9. The zero-order chi connectivity index (χ0) is 36.1. The van der Waals surface area contributed by atoms with Gasteiger partial charge in [0.25, 0.3) is 0 Å². The van der Waals surface area contributed by atoms with Gasteiger partial charge in [0.15, 0.2) is 0 Å². The second-order valence-corrected chi connectivity index (χ2v) is 14.7. The van der Waals surface area contributed by atoms with Gasteiger partial charge in [0, 0.05) is 30.6 Å². The Morgan fingerprint density at radius 2 is 1.94 bits per heavy atom. The number of nitrogens with zero attached hydrogens (tertiary/aromatic N) is 3. The lowest BCUT2D eigenvalue weighted by Crippen LogP contribution is -2.53. The summed E-state index contributed by atoms with van der Waals surface area (Å²) in [5.41, 5.74) is 7.15. The van der Waals surface area contributed by atoms with E-state index in [9.17, 15) is 9.59 Å². The Hall–Kier alpha value is -4.94. The number of H-pyrrole nitrogens is 2. The van der Waals surface area contributed by atoms with Gasteiger partial charge in [0.2, 0.25) is 5.91 Å². The number of nitrogens with one attached hydrogen (secondary N) is 4. The first-order valence-corrected chi connectivity index (χ1v) is 18.4. The molecule has 0 aliphatic carbocycles. The molecule has 0 spiro atoms. The number of fused-ring (bicyclic) bond motifs is 6. The average Bonchev–Trinajstić information content (AvgIpc) is 3.98. The summed E-state index contributed by atoms with van der Waals surface area (Å²) in [5, 5.41) is 8.56. The van der Waals surface area contributed by atoms with Gasteiger partial charge in [0.05, 0.1) is 48.7 Å². The topological polar surface area (TPSA) is 146 Å². The lowest BCUT2D eigenvalue weighted by atomic mass is 9.92. The highest BCUT2D eigenvalue weighted by atomic mass is 16.5. The molecule has 3 aliphatic rings. The minimum atomic E-state index is -0.679. The average molecular weight is 706 g/mol. The molecule has 8 rings (SSSR count). The molecule has 4 N–H and O–H groups in total. The van der Waals surface area contributed by atoms with E-state index in [0.29, 0.717) is 12.5 Å². The summed E-state index contributed by atoms with van der Waals surface area (Å²) in [7, 11) is 3.07. The van der Waals surface area contributed by atoms with Crippen LogP contribution < -0.4 is 15.4 Å². The van der Waals surface area contributed by atoms with Crippen LogP contribution in [0.2, 0.25) is 0 Å². The maximum absolute atomic E-state index is 14.0. The standard InChI is InChI=1S/C40H47N7O5/c1-6-21(2)35(46-40(49)51-5)39(48)47-22(3)7-12-33(47)38-42-18-32(44-38)25-8-10-27-26(14-25)20-52-34-16-28-24(15-29(27)34)9-11-30-36(28)45-37(43-30)31-13-23(17-41-31)19-50-4/h8-11,14-16,18,21-23,31,33,35,41H,6-7,12-13,17,19-20H2,1-5H3,(H,42,44)(H,43,45)(H,46,49)/t21-,22-,23-,31-,33?,35?/m0/s1. The maximum Gasteiger partial charge on any atom is 0.407 e. The number of rotatable bonds is 9.